The Labute approximate surface area is 152 Å². The molecule has 0 aliphatic carbocycles. The number of nitrogens with zero attached hydrogens (tertiary/aromatic N) is 6. The summed E-state index contributed by atoms with van der Waals surface area (Å²) in [6.45, 7) is 5.62. The van der Waals surface area contributed by atoms with Gasteiger partial charge in [0.15, 0.2) is 5.17 Å². The number of aromatic nitrogens is 2. The lowest BCUT2D eigenvalue weighted by Gasteiger charge is -2.36. The van der Waals surface area contributed by atoms with Crippen molar-refractivity contribution in [2.45, 2.75) is 6.92 Å². The van der Waals surface area contributed by atoms with Crippen LogP contribution in [0.5, 0.6) is 0 Å². The van der Waals surface area contributed by atoms with Crippen LogP contribution in [-0.4, -0.2) is 58.2 Å². The van der Waals surface area contributed by atoms with E-state index in [1.54, 1.807) is 18.0 Å². The highest BCUT2D eigenvalue weighted by molar-refractivity contribution is 8.13. The Bertz CT molecular complexity index is 724. The molecule has 0 unspecified atom stereocenters. The van der Waals surface area contributed by atoms with Gasteiger partial charge in [0.25, 0.3) is 0 Å². The normalized spacial score (nSPS) is 16.2. The predicted octanol–water partition coefficient (Wildman–Crippen LogP) is 2.74. The van der Waals surface area contributed by atoms with Crippen LogP contribution in [0.2, 0.25) is 0 Å². The number of thioether (sulfide) groups is 1. The lowest BCUT2D eigenvalue weighted by Crippen LogP contribution is -2.48. The fraction of sp³-hybridized carbons (Fsp3) is 0.333. The van der Waals surface area contributed by atoms with Gasteiger partial charge in [-0.3, -0.25) is 4.98 Å². The van der Waals surface area contributed by atoms with Crippen molar-refractivity contribution in [3.05, 3.63) is 54.5 Å². The van der Waals surface area contributed by atoms with Gasteiger partial charge in [-0.05, 0) is 37.4 Å². The standard InChI is InChI=1S/C18H22N6S/c1-15(16-7-3-5-9-19-16)21-22-18(25-2)24-13-11-23(12-14-24)17-8-4-6-10-20-17/h3-10H,11-14H2,1-2H3/b21-15+,22-18+. The molecule has 1 fully saturated rings. The van der Waals surface area contributed by atoms with Gasteiger partial charge in [-0.15, -0.1) is 5.10 Å². The first kappa shape index (κ1) is 17.4. The molecule has 3 rings (SSSR count). The van der Waals surface area contributed by atoms with E-state index in [4.69, 9.17) is 0 Å². The summed E-state index contributed by atoms with van der Waals surface area (Å²) in [5.74, 6) is 1.04. The van der Waals surface area contributed by atoms with E-state index in [-0.39, 0.29) is 0 Å². The Morgan fingerprint density at radius 1 is 0.960 bits per heavy atom. The molecular weight excluding hydrogens is 332 g/mol. The number of hydrogen-bond donors (Lipinski definition) is 0. The van der Waals surface area contributed by atoms with Crippen LogP contribution in [0.4, 0.5) is 5.82 Å². The van der Waals surface area contributed by atoms with Crippen molar-refractivity contribution >= 4 is 28.5 Å². The molecule has 2 aromatic heterocycles. The number of piperazine rings is 1. The van der Waals surface area contributed by atoms with E-state index in [1.807, 2.05) is 49.7 Å². The molecule has 0 aromatic carbocycles. The van der Waals surface area contributed by atoms with Gasteiger partial charge >= 0.3 is 0 Å². The topological polar surface area (TPSA) is 57.0 Å². The van der Waals surface area contributed by atoms with Gasteiger partial charge in [0.05, 0.1) is 11.4 Å². The third-order valence-corrected chi connectivity index (χ3v) is 4.73. The molecule has 130 valence electrons. The minimum atomic E-state index is 0.819. The summed E-state index contributed by atoms with van der Waals surface area (Å²) in [6, 6.07) is 11.8. The van der Waals surface area contributed by atoms with Crippen LogP contribution in [0.3, 0.4) is 0 Å². The fourth-order valence-corrected chi connectivity index (χ4v) is 3.21. The fourth-order valence-electron chi connectivity index (χ4n) is 2.65. The summed E-state index contributed by atoms with van der Waals surface area (Å²) in [5, 5.41) is 9.77. The largest absolute Gasteiger partial charge is 0.353 e. The molecule has 0 N–H and O–H groups in total. The highest BCUT2D eigenvalue weighted by atomic mass is 32.2. The first-order chi connectivity index (χ1) is 12.3. The highest BCUT2D eigenvalue weighted by Gasteiger charge is 2.20. The van der Waals surface area contributed by atoms with Gasteiger partial charge in [-0.2, -0.15) is 5.10 Å². The van der Waals surface area contributed by atoms with Gasteiger partial charge < -0.3 is 9.80 Å². The molecule has 1 aliphatic heterocycles. The molecule has 25 heavy (non-hydrogen) atoms. The summed E-state index contributed by atoms with van der Waals surface area (Å²) < 4.78 is 0. The summed E-state index contributed by atoms with van der Waals surface area (Å²) in [5.41, 5.74) is 1.67. The average molecular weight is 354 g/mol. The minimum absolute atomic E-state index is 0.819. The molecule has 7 heteroatoms. The zero-order valence-corrected chi connectivity index (χ0v) is 15.4. The van der Waals surface area contributed by atoms with Crippen LogP contribution in [0.25, 0.3) is 0 Å². The van der Waals surface area contributed by atoms with Crippen LogP contribution in [0.1, 0.15) is 12.6 Å². The number of amidine groups is 1. The summed E-state index contributed by atoms with van der Waals surface area (Å²) in [7, 11) is 0. The minimum Gasteiger partial charge on any atom is -0.353 e. The highest BCUT2D eigenvalue weighted by Crippen LogP contribution is 2.15. The Balaban J connectivity index is 1.64. The van der Waals surface area contributed by atoms with E-state index in [1.165, 1.54) is 0 Å². The molecule has 0 spiro atoms. The van der Waals surface area contributed by atoms with E-state index in [0.29, 0.717) is 0 Å². The van der Waals surface area contributed by atoms with Crippen LogP contribution >= 0.6 is 11.8 Å². The maximum absolute atomic E-state index is 4.46. The van der Waals surface area contributed by atoms with Crippen LogP contribution in [0, 0.1) is 0 Å². The van der Waals surface area contributed by atoms with Crippen molar-refractivity contribution in [1.29, 1.82) is 0 Å². The van der Waals surface area contributed by atoms with Crippen molar-refractivity contribution in [3.8, 4) is 0 Å². The van der Waals surface area contributed by atoms with Crippen molar-refractivity contribution in [2.75, 3.05) is 37.3 Å². The predicted molar refractivity (Wildman–Crippen MR) is 105 cm³/mol. The second-order valence-electron chi connectivity index (χ2n) is 5.65. The van der Waals surface area contributed by atoms with E-state index >= 15 is 0 Å². The van der Waals surface area contributed by atoms with Crippen molar-refractivity contribution in [1.82, 2.24) is 14.9 Å². The third kappa shape index (κ3) is 4.57. The molecule has 3 heterocycles. The van der Waals surface area contributed by atoms with Gasteiger partial charge in [0.1, 0.15) is 5.82 Å². The first-order valence-corrected chi connectivity index (χ1v) is 9.49. The van der Waals surface area contributed by atoms with Gasteiger partial charge in [-0.25, -0.2) is 4.98 Å². The Hall–Kier alpha value is -2.41. The zero-order valence-electron chi connectivity index (χ0n) is 14.5. The quantitative estimate of drug-likeness (QED) is 0.482. The monoisotopic (exact) mass is 354 g/mol. The van der Waals surface area contributed by atoms with E-state index < -0.39 is 0 Å². The summed E-state index contributed by atoms with van der Waals surface area (Å²) in [4.78, 5) is 13.3. The molecular formula is C18H22N6S. The molecule has 0 atom stereocenters. The smallest absolute Gasteiger partial charge is 0.185 e. The van der Waals surface area contributed by atoms with Gasteiger partial charge in [-0.1, -0.05) is 23.9 Å². The number of anilines is 1. The van der Waals surface area contributed by atoms with Crippen LogP contribution < -0.4 is 4.90 Å². The number of hydrogen-bond acceptors (Lipinski definition) is 6. The third-order valence-electron chi connectivity index (χ3n) is 4.03. The Morgan fingerprint density at radius 3 is 2.28 bits per heavy atom. The number of pyridine rings is 2. The molecule has 0 radical (unpaired) electrons. The lowest BCUT2D eigenvalue weighted by atomic mass is 10.3. The Morgan fingerprint density at radius 2 is 1.68 bits per heavy atom. The second-order valence-corrected chi connectivity index (χ2v) is 6.42. The van der Waals surface area contributed by atoms with Crippen LogP contribution in [-0.2, 0) is 0 Å². The molecule has 0 saturated carbocycles. The van der Waals surface area contributed by atoms with Crippen molar-refractivity contribution in [3.63, 3.8) is 0 Å². The maximum Gasteiger partial charge on any atom is 0.185 e. The summed E-state index contributed by atoms with van der Waals surface area (Å²) >= 11 is 1.62. The second kappa shape index (κ2) is 8.62. The van der Waals surface area contributed by atoms with E-state index in [9.17, 15) is 0 Å². The number of rotatable bonds is 3. The Kier molecular flexibility index (Phi) is 6.00. The molecule has 1 aliphatic rings. The van der Waals surface area contributed by atoms with E-state index in [0.717, 1.165) is 48.6 Å². The first-order valence-electron chi connectivity index (χ1n) is 8.26. The SMILES string of the molecule is CS/C(=N/N=C(\C)c1ccccn1)N1CCN(c2ccccn2)CC1. The van der Waals surface area contributed by atoms with E-state index in [2.05, 4.69) is 36.0 Å². The van der Waals surface area contributed by atoms with Gasteiger partial charge in [0.2, 0.25) is 0 Å². The average Bonchev–Trinajstić information content (AvgIpc) is 2.70. The molecule has 6 nitrogen and oxygen atoms in total. The zero-order chi connectivity index (χ0) is 17.5. The van der Waals surface area contributed by atoms with Crippen LogP contribution in [0.15, 0.2) is 59.0 Å². The molecule has 2 aromatic rings. The lowest BCUT2D eigenvalue weighted by molar-refractivity contribution is 0.390. The molecule has 0 amide bonds. The molecule has 0 bridgehead atoms. The molecule has 1 saturated heterocycles. The van der Waals surface area contributed by atoms with Crippen molar-refractivity contribution in [2.24, 2.45) is 10.2 Å². The maximum atomic E-state index is 4.46. The van der Waals surface area contributed by atoms with Gasteiger partial charge in [0, 0.05) is 38.6 Å². The summed E-state index contributed by atoms with van der Waals surface area (Å²) in [6.07, 6.45) is 5.64. The van der Waals surface area contributed by atoms with Crippen molar-refractivity contribution < 1.29 is 0 Å².